The summed E-state index contributed by atoms with van der Waals surface area (Å²) in [6.07, 6.45) is 0. The summed E-state index contributed by atoms with van der Waals surface area (Å²) in [6, 6.07) is 13.5. The van der Waals surface area contributed by atoms with Gasteiger partial charge in [0.1, 0.15) is 5.75 Å². The van der Waals surface area contributed by atoms with Crippen LogP contribution in [0.15, 0.2) is 68.7 Å². The van der Waals surface area contributed by atoms with Crippen molar-refractivity contribution in [2.75, 3.05) is 6.61 Å². The fourth-order valence-electron chi connectivity index (χ4n) is 2.11. The van der Waals surface area contributed by atoms with Gasteiger partial charge in [-0.05, 0) is 69.3 Å². The largest absolute Gasteiger partial charge is 0.476 e. The maximum absolute atomic E-state index is 12.6. The Kier molecular flexibility index (Phi) is 6.46. The number of ether oxygens (including phenoxy) is 2. The molecule has 0 saturated carbocycles. The molecule has 0 heterocycles. The lowest BCUT2D eigenvalue weighted by molar-refractivity contribution is -0.158. The van der Waals surface area contributed by atoms with Gasteiger partial charge in [-0.25, -0.2) is 9.00 Å². The van der Waals surface area contributed by atoms with Crippen LogP contribution in [0, 0.1) is 0 Å². The summed E-state index contributed by atoms with van der Waals surface area (Å²) < 4.78 is 23.3. The molecule has 0 aliphatic heterocycles. The van der Waals surface area contributed by atoms with E-state index >= 15 is 0 Å². The molecule has 0 aliphatic carbocycles. The summed E-state index contributed by atoms with van der Waals surface area (Å²) in [5.74, 6) is 5.05. The van der Waals surface area contributed by atoms with Crippen LogP contribution in [0.3, 0.4) is 0 Å². The molecule has 0 bridgehead atoms. The van der Waals surface area contributed by atoms with Crippen molar-refractivity contribution in [1.29, 1.82) is 0 Å². The van der Waals surface area contributed by atoms with E-state index in [-0.39, 0.29) is 6.61 Å². The zero-order valence-electron chi connectivity index (χ0n) is 14.8. The van der Waals surface area contributed by atoms with Crippen LogP contribution in [-0.2, 0) is 20.3 Å². The van der Waals surface area contributed by atoms with Gasteiger partial charge >= 0.3 is 5.97 Å². The first kappa shape index (κ1) is 19.6. The number of rotatable bonds is 7. The number of nitrogens with two attached hydrogens (primary N) is 1. The van der Waals surface area contributed by atoms with Crippen molar-refractivity contribution in [3.63, 3.8) is 0 Å². The van der Waals surface area contributed by atoms with Gasteiger partial charge in [0, 0.05) is 9.79 Å². The van der Waals surface area contributed by atoms with Gasteiger partial charge in [0.25, 0.3) is 0 Å². The lowest BCUT2D eigenvalue weighted by Crippen LogP contribution is -2.39. The van der Waals surface area contributed by atoms with Crippen molar-refractivity contribution < 1.29 is 18.5 Å². The van der Waals surface area contributed by atoms with E-state index in [1.54, 1.807) is 69.3 Å². The number of carbonyl (C=O) groups excluding carboxylic acids is 1. The van der Waals surface area contributed by atoms with Crippen LogP contribution >= 0.6 is 0 Å². The molecule has 0 amide bonds. The van der Waals surface area contributed by atoms with E-state index in [4.69, 9.17) is 15.3 Å². The molecule has 1 atom stereocenters. The van der Waals surface area contributed by atoms with Crippen molar-refractivity contribution in [3.8, 4) is 5.75 Å². The van der Waals surface area contributed by atoms with E-state index in [1.807, 2.05) is 0 Å². The van der Waals surface area contributed by atoms with Crippen LogP contribution in [-0.4, -0.2) is 22.4 Å². The SMILES string of the molecule is CCOC(=O)C(C)(C)Oc1ccc(S(=O)c2ccc(N=NN)cc2)cc1. The third kappa shape index (κ3) is 4.89. The van der Waals surface area contributed by atoms with Crippen molar-refractivity contribution in [2.45, 2.75) is 36.2 Å². The quantitative estimate of drug-likeness (QED) is 0.345. The Labute approximate surface area is 154 Å². The Morgan fingerprint density at radius 1 is 1.08 bits per heavy atom. The number of hydrogen-bond donors (Lipinski definition) is 1. The highest BCUT2D eigenvalue weighted by molar-refractivity contribution is 7.85. The lowest BCUT2D eigenvalue weighted by atomic mass is 10.1. The number of hydrogen-bond acceptors (Lipinski definition) is 6. The smallest absolute Gasteiger partial charge is 0.349 e. The number of esters is 1. The predicted octanol–water partition coefficient (Wildman–Crippen LogP) is 3.53. The van der Waals surface area contributed by atoms with Crippen LogP contribution in [0.25, 0.3) is 0 Å². The van der Waals surface area contributed by atoms with Gasteiger partial charge in [-0.15, -0.1) is 5.11 Å². The zero-order chi connectivity index (χ0) is 19.2. The maximum Gasteiger partial charge on any atom is 0.349 e. The first-order valence-corrected chi connectivity index (χ1v) is 9.11. The zero-order valence-corrected chi connectivity index (χ0v) is 15.7. The Bertz CT molecular complexity index is 802. The summed E-state index contributed by atoms with van der Waals surface area (Å²) in [6.45, 7) is 5.30. The van der Waals surface area contributed by atoms with E-state index < -0.39 is 22.4 Å². The van der Waals surface area contributed by atoms with Crippen molar-refractivity contribution in [2.24, 2.45) is 16.2 Å². The molecule has 8 heteroatoms. The Morgan fingerprint density at radius 2 is 1.62 bits per heavy atom. The summed E-state index contributed by atoms with van der Waals surface area (Å²) >= 11 is 0. The van der Waals surface area contributed by atoms with Crippen molar-refractivity contribution in [1.82, 2.24) is 0 Å². The summed E-state index contributed by atoms with van der Waals surface area (Å²) in [4.78, 5) is 13.1. The van der Waals surface area contributed by atoms with Crippen molar-refractivity contribution >= 4 is 22.5 Å². The van der Waals surface area contributed by atoms with E-state index in [2.05, 4.69) is 10.3 Å². The Balaban J connectivity index is 2.11. The molecule has 0 radical (unpaired) electrons. The molecule has 2 aromatic carbocycles. The highest BCUT2D eigenvalue weighted by Crippen LogP contribution is 2.24. The standard InChI is InChI=1S/C18H21N3O4S/c1-4-24-17(22)18(2,3)25-14-7-11-16(12-8-14)26(23)15-9-5-13(6-10-15)20-21-19/h5-12H,4H2,1-3H3,(H2,19,20). The second-order valence-electron chi connectivity index (χ2n) is 5.78. The first-order chi connectivity index (χ1) is 12.4. The van der Waals surface area contributed by atoms with Crippen LogP contribution in [0.4, 0.5) is 5.69 Å². The molecule has 2 rings (SSSR count). The third-order valence-electron chi connectivity index (χ3n) is 3.40. The molecule has 138 valence electrons. The van der Waals surface area contributed by atoms with Crippen LogP contribution < -0.4 is 10.6 Å². The fraction of sp³-hybridized carbons (Fsp3) is 0.278. The minimum Gasteiger partial charge on any atom is -0.476 e. The predicted molar refractivity (Wildman–Crippen MR) is 97.6 cm³/mol. The number of nitrogens with zero attached hydrogens (tertiary/aromatic N) is 2. The number of benzene rings is 2. The number of carbonyl (C=O) groups is 1. The Morgan fingerprint density at radius 3 is 2.12 bits per heavy atom. The van der Waals surface area contributed by atoms with Gasteiger partial charge in [0.2, 0.25) is 0 Å². The molecule has 1 unspecified atom stereocenters. The van der Waals surface area contributed by atoms with Gasteiger partial charge in [-0.2, -0.15) is 0 Å². The molecule has 2 N–H and O–H groups in total. The van der Waals surface area contributed by atoms with Gasteiger partial charge in [-0.3, -0.25) is 0 Å². The normalized spacial score (nSPS) is 12.7. The molecular weight excluding hydrogens is 354 g/mol. The van der Waals surface area contributed by atoms with Crippen molar-refractivity contribution in [3.05, 3.63) is 48.5 Å². The van der Waals surface area contributed by atoms with Gasteiger partial charge in [0.05, 0.1) is 23.1 Å². The minimum absolute atomic E-state index is 0.287. The minimum atomic E-state index is -1.35. The average Bonchev–Trinajstić information content (AvgIpc) is 2.62. The topological polar surface area (TPSA) is 103 Å². The van der Waals surface area contributed by atoms with Gasteiger partial charge in [-0.1, -0.05) is 5.22 Å². The average molecular weight is 375 g/mol. The third-order valence-corrected chi connectivity index (χ3v) is 4.80. The second kappa shape index (κ2) is 8.57. The molecule has 0 spiro atoms. The molecule has 0 aromatic heterocycles. The fourth-order valence-corrected chi connectivity index (χ4v) is 3.15. The van der Waals surface area contributed by atoms with E-state index in [1.165, 1.54) is 0 Å². The van der Waals surface area contributed by atoms with Crippen LogP contribution in [0.5, 0.6) is 5.75 Å². The second-order valence-corrected chi connectivity index (χ2v) is 7.26. The van der Waals surface area contributed by atoms with E-state index in [0.717, 1.165) is 0 Å². The maximum atomic E-state index is 12.6. The highest BCUT2D eigenvalue weighted by atomic mass is 32.2. The van der Waals surface area contributed by atoms with Crippen LogP contribution in [0.1, 0.15) is 20.8 Å². The highest BCUT2D eigenvalue weighted by Gasteiger charge is 2.31. The molecule has 2 aromatic rings. The first-order valence-electron chi connectivity index (χ1n) is 7.96. The van der Waals surface area contributed by atoms with E-state index in [0.29, 0.717) is 21.2 Å². The molecule has 7 nitrogen and oxygen atoms in total. The lowest BCUT2D eigenvalue weighted by Gasteiger charge is -2.24. The summed E-state index contributed by atoms with van der Waals surface area (Å²) in [7, 11) is -1.35. The Hall–Kier alpha value is -2.74. The van der Waals surface area contributed by atoms with Crippen LogP contribution in [0.2, 0.25) is 0 Å². The van der Waals surface area contributed by atoms with Gasteiger partial charge in [0.15, 0.2) is 5.60 Å². The monoisotopic (exact) mass is 375 g/mol. The molecule has 0 aliphatic rings. The molecule has 0 fully saturated rings. The van der Waals surface area contributed by atoms with E-state index in [9.17, 15) is 9.00 Å². The van der Waals surface area contributed by atoms with Gasteiger partial charge < -0.3 is 15.3 Å². The molecular formula is C18H21N3O4S. The summed E-state index contributed by atoms with van der Waals surface area (Å²) in [5.41, 5.74) is -0.525. The molecule has 0 saturated heterocycles. The molecule has 26 heavy (non-hydrogen) atoms. The summed E-state index contributed by atoms with van der Waals surface area (Å²) in [5, 5.41) is 6.91.